The summed E-state index contributed by atoms with van der Waals surface area (Å²) in [6, 6.07) is 2.03. The van der Waals surface area contributed by atoms with Crippen molar-refractivity contribution >= 4 is 33.5 Å². The fraction of sp³-hybridized carbons (Fsp3) is 0.455. The molecule has 1 aliphatic heterocycles. The highest BCUT2D eigenvalue weighted by Crippen LogP contribution is 2.25. The zero-order valence-electron chi connectivity index (χ0n) is 9.77. The molecule has 1 aliphatic rings. The highest BCUT2D eigenvalue weighted by Gasteiger charge is 2.22. The predicted octanol–water partition coefficient (Wildman–Crippen LogP) is 1.98. The molecule has 7 heteroatoms. The zero-order valence-corrected chi connectivity index (χ0v) is 11.4. The first kappa shape index (κ1) is 12.9. The number of pyridine rings is 1. The standard InChI is InChI=1S/C11H15BrN4O2/c12-8-6-14-10(13)5-9(8)15-7-1-3-16(4-2-7)11(17)18/h5-7H,1-4H2,(H,17,18)(H3,13,14,15). The first-order valence-corrected chi connectivity index (χ1v) is 6.51. The van der Waals surface area contributed by atoms with E-state index in [9.17, 15) is 4.79 Å². The lowest BCUT2D eigenvalue weighted by Crippen LogP contribution is -2.41. The van der Waals surface area contributed by atoms with Crippen LogP contribution in [0, 0.1) is 0 Å². The number of nitrogens with zero attached hydrogens (tertiary/aromatic N) is 2. The molecule has 0 bridgehead atoms. The van der Waals surface area contributed by atoms with Crippen LogP contribution in [0.4, 0.5) is 16.3 Å². The van der Waals surface area contributed by atoms with Gasteiger partial charge in [0.1, 0.15) is 5.82 Å². The van der Waals surface area contributed by atoms with E-state index in [-0.39, 0.29) is 6.04 Å². The molecule has 0 atom stereocenters. The van der Waals surface area contributed by atoms with Gasteiger partial charge >= 0.3 is 6.09 Å². The van der Waals surface area contributed by atoms with Crippen molar-refractivity contribution < 1.29 is 9.90 Å². The molecule has 2 heterocycles. The fourth-order valence-electron chi connectivity index (χ4n) is 2.00. The van der Waals surface area contributed by atoms with Gasteiger partial charge < -0.3 is 21.1 Å². The lowest BCUT2D eigenvalue weighted by Gasteiger charge is -2.31. The van der Waals surface area contributed by atoms with Crippen molar-refractivity contribution in [2.45, 2.75) is 18.9 Å². The van der Waals surface area contributed by atoms with Crippen LogP contribution >= 0.6 is 15.9 Å². The Morgan fingerprint density at radius 1 is 1.56 bits per heavy atom. The second-order valence-electron chi connectivity index (χ2n) is 4.28. The summed E-state index contributed by atoms with van der Waals surface area (Å²) in [5.41, 5.74) is 6.54. The number of anilines is 2. The van der Waals surface area contributed by atoms with Crippen LogP contribution in [0.3, 0.4) is 0 Å². The quantitative estimate of drug-likeness (QED) is 0.776. The Bertz CT molecular complexity index is 447. The number of nitrogen functional groups attached to an aromatic ring is 1. The lowest BCUT2D eigenvalue weighted by atomic mass is 10.1. The number of nitrogens with two attached hydrogens (primary N) is 1. The number of piperidine rings is 1. The summed E-state index contributed by atoms with van der Waals surface area (Å²) >= 11 is 3.41. The van der Waals surface area contributed by atoms with E-state index in [2.05, 4.69) is 26.2 Å². The molecule has 0 radical (unpaired) electrons. The minimum atomic E-state index is -0.845. The third-order valence-corrected chi connectivity index (χ3v) is 3.63. The van der Waals surface area contributed by atoms with Crippen molar-refractivity contribution in [3.05, 3.63) is 16.7 Å². The van der Waals surface area contributed by atoms with Crippen LogP contribution in [-0.2, 0) is 0 Å². The molecule has 0 aliphatic carbocycles. The largest absolute Gasteiger partial charge is 0.465 e. The first-order valence-electron chi connectivity index (χ1n) is 5.71. The molecule has 2 rings (SSSR count). The molecule has 0 spiro atoms. The second-order valence-corrected chi connectivity index (χ2v) is 5.13. The first-order chi connectivity index (χ1) is 8.56. The van der Waals surface area contributed by atoms with Crippen molar-refractivity contribution in [2.24, 2.45) is 0 Å². The number of aromatic nitrogens is 1. The van der Waals surface area contributed by atoms with Crippen LogP contribution in [0.1, 0.15) is 12.8 Å². The third kappa shape index (κ3) is 3.04. The van der Waals surface area contributed by atoms with Gasteiger partial charge in [-0.15, -0.1) is 0 Å². The summed E-state index contributed by atoms with van der Waals surface area (Å²) in [7, 11) is 0. The monoisotopic (exact) mass is 314 g/mol. The zero-order chi connectivity index (χ0) is 13.1. The van der Waals surface area contributed by atoms with Gasteiger partial charge in [0.15, 0.2) is 0 Å². The Kier molecular flexibility index (Phi) is 3.90. The molecular weight excluding hydrogens is 300 g/mol. The molecule has 1 aromatic rings. The van der Waals surface area contributed by atoms with Gasteiger partial charge in [0, 0.05) is 31.4 Å². The number of halogens is 1. The normalized spacial score (nSPS) is 16.6. The molecule has 1 saturated heterocycles. The fourth-order valence-corrected chi connectivity index (χ4v) is 2.33. The van der Waals surface area contributed by atoms with Crippen LogP contribution in [0.2, 0.25) is 0 Å². The van der Waals surface area contributed by atoms with Crippen molar-refractivity contribution in [2.75, 3.05) is 24.1 Å². The van der Waals surface area contributed by atoms with E-state index in [1.165, 1.54) is 4.90 Å². The minimum Gasteiger partial charge on any atom is -0.465 e. The van der Waals surface area contributed by atoms with Gasteiger partial charge in [-0.2, -0.15) is 0 Å². The Labute approximate surface area is 113 Å². The Balaban J connectivity index is 1.95. The molecule has 4 N–H and O–H groups in total. The van der Waals surface area contributed by atoms with Crippen LogP contribution in [0.5, 0.6) is 0 Å². The van der Waals surface area contributed by atoms with Crippen LogP contribution in [0.15, 0.2) is 16.7 Å². The molecule has 18 heavy (non-hydrogen) atoms. The smallest absolute Gasteiger partial charge is 0.407 e. The van der Waals surface area contributed by atoms with E-state index < -0.39 is 6.09 Å². The second kappa shape index (κ2) is 5.43. The van der Waals surface area contributed by atoms with Crippen molar-refractivity contribution in [1.29, 1.82) is 0 Å². The average Bonchev–Trinajstić information content (AvgIpc) is 2.34. The molecule has 1 aromatic heterocycles. The summed E-state index contributed by atoms with van der Waals surface area (Å²) in [5, 5.41) is 12.2. The predicted molar refractivity (Wildman–Crippen MR) is 72.6 cm³/mol. The summed E-state index contributed by atoms with van der Waals surface area (Å²) < 4.78 is 0.859. The SMILES string of the molecule is Nc1cc(NC2CCN(C(=O)O)CC2)c(Br)cn1. The minimum absolute atomic E-state index is 0.263. The van der Waals surface area contributed by atoms with Crippen molar-refractivity contribution in [3.63, 3.8) is 0 Å². The number of hydrogen-bond donors (Lipinski definition) is 3. The highest BCUT2D eigenvalue weighted by molar-refractivity contribution is 9.10. The summed E-state index contributed by atoms with van der Waals surface area (Å²) in [5.74, 6) is 0.462. The van der Waals surface area contributed by atoms with Crippen molar-refractivity contribution in [1.82, 2.24) is 9.88 Å². The molecule has 0 aromatic carbocycles. The molecule has 0 saturated carbocycles. The molecule has 1 fully saturated rings. The molecular formula is C11H15BrN4O2. The van der Waals surface area contributed by atoms with Crippen LogP contribution in [-0.4, -0.2) is 40.2 Å². The van der Waals surface area contributed by atoms with E-state index in [0.29, 0.717) is 18.9 Å². The van der Waals surface area contributed by atoms with Crippen molar-refractivity contribution in [3.8, 4) is 0 Å². The van der Waals surface area contributed by atoms with Gasteiger partial charge in [0.25, 0.3) is 0 Å². The van der Waals surface area contributed by atoms with E-state index in [4.69, 9.17) is 10.8 Å². The highest BCUT2D eigenvalue weighted by atomic mass is 79.9. The van der Waals surface area contributed by atoms with E-state index in [1.54, 1.807) is 12.3 Å². The van der Waals surface area contributed by atoms with Crippen LogP contribution in [0.25, 0.3) is 0 Å². The molecule has 1 amide bonds. The van der Waals surface area contributed by atoms with Gasteiger partial charge in [-0.3, -0.25) is 0 Å². The van der Waals surface area contributed by atoms with Gasteiger partial charge in [0.2, 0.25) is 0 Å². The topological polar surface area (TPSA) is 91.5 Å². The van der Waals surface area contributed by atoms with E-state index in [0.717, 1.165) is 23.0 Å². The Morgan fingerprint density at radius 2 is 2.22 bits per heavy atom. The number of nitrogens with one attached hydrogen (secondary N) is 1. The Morgan fingerprint density at radius 3 is 2.83 bits per heavy atom. The average molecular weight is 315 g/mol. The van der Waals surface area contributed by atoms with E-state index in [1.807, 2.05) is 0 Å². The maximum atomic E-state index is 10.8. The molecule has 0 unspecified atom stereocenters. The third-order valence-electron chi connectivity index (χ3n) is 3.00. The summed E-state index contributed by atoms with van der Waals surface area (Å²) in [6.45, 7) is 1.12. The van der Waals surface area contributed by atoms with Crippen LogP contribution < -0.4 is 11.1 Å². The number of amides is 1. The Hall–Kier alpha value is -1.50. The molecule has 98 valence electrons. The number of rotatable bonds is 2. The van der Waals surface area contributed by atoms with E-state index >= 15 is 0 Å². The summed E-state index contributed by atoms with van der Waals surface area (Å²) in [4.78, 5) is 16.2. The van der Waals surface area contributed by atoms with Gasteiger partial charge in [-0.1, -0.05) is 0 Å². The number of hydrogen-bond acceptors (Lipinski definition) is 4. The number of carboxylic acid groups (broad SMARTS) is 1. The number of likely N-dealkylation sites (tertiary alicyclic amines) is 1. The summed E-state index contributed by atoms with van der Waals surface area (Å²) in [6.07, 6.45) is 2.40. The maximum Gasteiger partial charge on any atom is 0.407 e. The number of carbonyl (C=O) groups is 1. The van der Waals surface area contributed by atoms with Gasteiger partial charge in [0.05, 0.1) is 10.2 Å². The lowest BCUT2D eigenvalue weighted by molar-refractivity contribution is 0.134. The molecule has 6 nitrogen and oxygen atoms in total. The van der Waals surface area contributed by atoms with Gasteiger partial charge in [-0.05, 0) is 28.8 Å². The maximum absolute atomic E-state index is 10.8. The van der Waals surface area contributed by atoms with Gasteiger partial charge in [-0.25, -0.2) is 9.78 Å².